The molecule has 4 nitrogen and oxygen atoms in total. The van der Waals surface area contributed by atoms with Crippen LogP contribution in [0.25, 0.3) is 0 Å². The third-order valence-electron chi connectivity index (χ3n) is 4.16. The summed E-state index contributed by atoms with van der Waals surface area (Å²) in [6.07, 6.45) is 0.984. The van der Waals surface area contributed by atoms with Gasteiger partial charge in [-0.05, 0) is 17.7 Å². The molecule has 23 heavy (non-hydrogen) atoms. The van der Waals surface area contributed by atoms with Crippen LogP contribution in [-0.2, 0) is 11.3 Å². The molecule has 1 fully saturated rings. The van der Waals surface area contributed by atoms with Crippen LogP contribution in [0, 0.1) is 5.82 Å². The highest BCUT2D eigenvalue weighted by atomic mass is 19.1. The molecule has 0 saturated carbocycles. The SMILES string of the molecule is O=C(O)[C@]1(F)CN(Cc2ccccc2)C[C@H]1c1ccc(F)cn1. The predicted octanol–water partition coefficient (Wildman–Crippen LogP) is 2.61. The quantitative estimate of drug-likeness (QED) is 0.941. The molecule has 6 heteroatoms. The number of hydrogen-bond donors (Lipinski definition) is 1. The first-order valence-corrected chi connectivity index (χ1v) is 7.29. The van der Waals surface area contributed by atoms with Gasteiger partial charge < -0.3 is 5.11 Å². The van der Waals surface area contributed by atoms with E-state index < -0.39 is 23.4 Å². The highest BCUT2D eigenvalue weighted by Gasteiger charge is 2.54. The zero-order chi connectivity index (χ0) is 16.4. The second-order valence-electron chi connectivity index (χ2n) is 5.78. The number of carboxylic acids is 1. The van der Waals surface area contributed by atoms with Gasteiger partial charge >= 0.3 is 5.97 Å². The molecule has 1 aliphatic heterocycles. The molecule has 0 spiro atoms. The van der Waals surface area contributed by atoms with Crippen molar-refractivity contribution in [1.29, 1.82) is 0 Å². The van der Waals surface area contributed by atoms with Crippen molar-refractivity contribution in [2.45, 2.75) is 18.1 Å². The van der Waals surface area contributed by atoms with Crippen LogP contribution in [0.15, 0.2) is 48.7 Å². The molecule has 2 atom stereocenters. The Hall–Kier alpha value is -2.34. The van der Waals surface area contributed by atoms with Gasteiger partial charge in [-0.25, -0.2) is 13.6 Å². The number of carboxylic acid groups (broad SMARTS) is 1. The average molecular weight is 318 g/mol. The first-order valence-electron chi connectivity index (χ1n) is 7.29. The van der Waals surface area contributed by atoms with E-state index in [1.165, 1.54) is 12.1 Å². The van der Waals surface area contributed by atoms with Crippen LogP contribution < -0.4 is 0 Å². The van der Waals surface area contributed by atoms with Gasteiger partial charge in [0.1, 0.15) is 5.82 Å². The van der Waals surface area contributed by atoms with E-state index >= 15 is 4.39 Å². The molecule has 1 aromatic carbocycles. The molecule has 1 N–H and O–H groups in total. The molecule has 1 aliphatic rings. The van der Waals surface area contributed by atoms with Gasteiger partial charge in [0, 0.05) is 25.3 Å². The van der Waals surface area contributed by atoms with Crippen LogP contribution in [0.3, 0.4) is 0 Å². The van der Waals surface area contributed by atoms with Crippen LogP contribution in [0.2, 0.25) is 0 Å². The topological polar surface area (TPSA) is 53.4 Å². The minimum Gasteiger partial charge on any atom is -0.479 e. The molecular weight excluding hydrogens is 302 g/mol. The molecule has 1 aromatic heterocycles. The molecule has 0 unspecified atom stereocenters. The Morgan fingerprint density at radius 2 is 2.04 bits per heavy atom. The molecule has 2 aromatic rings. The van der Waals surface area contributed by atoms with Crippen molar-refractivity contribution in [3.63, 3.8) is 0 Å². The second kappa shape index (κ2) is 6.04. The summed E-state index contributed by atoms with van der Waals surface area (Å²) in [6, 6.07) is 12.0. The third-order valence-corrected chi connectivity index (χ3v) is 4.16. The van der Waals surface area contributed by atoms with Gasteiger partial charge in [-0.1, -0.05) is 30.3 Å². The van der Waals surface area contributed by atoms with E-state index in [-0.39, 0.29) is 18.8 Å². The number of likely N-dealkylation sites (tertiary alicyclic amines) is 1. The third kappa shape index (κ3) is 3.07. The minimum atomic E-state index is -2.43. The molecule has 120 valence electrons. The number of aliphatic carboxylic acids is 1. The van der Waals surface area contributed by atoms with E-state index in [1.807, 2.05) is 30.3 Å². The summed E-state index contributed by atoms with van der Waals surface area (Å²) in [5.41, 5.74) is -1.20. The number of pyridine rings is 1. The number of carbonyl (C=O) groups is 1. The Morgan fingerprint density at radius 1 is 1.30 bits per heavy atom. The largest absolute Gasteiger partial charge is 0.479 e. The molecule has 0 aliphatic carbocycles. The summed E-state index contributed by atoms with van der Waals surface area (Å²) in [7, 11) is 0. The average Bonchev–Trinajstić information content (AvgIpc) is 2.87. The lowest BCUT2D eigenvalue weighted by Gasteiger charge is -2.21. The van der Waals surface area contributed by atoms with Crippen LogP contribution in [0.1, 0.15) is 17.2 Å². The lowest BCUT2D eigenvalue weighted by molar-refractivity contribution is -0.151. The molecule has 0 bridgehead atoms. The lowest BCUT2D eigenvalue weighted by Crippen LogP contribution is -2.41. The lowest BCUT2D eigenvalue weighted by atomic mass is 9.89. The van der Waals surface area contributed by atoms with E-state index in [4.69, 9.17) is 0 Å². The van der Waals surface area contributed by atoms with E-state index in [1.54, 1.807) is 4.90 Å². The normalized spacial score (nSPS) is 24.7. The predicted molar refractivity (Wildman–Crippen MR) is 80.1 cm³/mol. The maximum Gasteiger partial charge on any atom is 0.343 e. The van der Waals surface area contributed by atoms with Crippen molar-refractivity contribution in [3.05, 3.63) is 65.7 Å². The molecule has 1 saturated heterocycles. The Balaban J connectivity index is 1.85. The van der Waals surface area contributed by atoms with E-state index in [0.29, 0.717) is 6.54 Å². The maximum atomic E-state index is 15.1. The van der Waals surface area contributed by atoms with Gasteiger partial charge in [-0.2, -0.15) is 0 Å². The zero-order valence-electron chi connectivity index (χ0n) is 12.3. The monoisotopic (exact) mass is 318 g/mol. The smallest absolute Gasteiger partial charge is 0.343 e. The first-order chi connectivity index (χ1) is 11.0. The fourth-order valence-electron chi connectivity index (χ4n) is 3.00. The summed E-state index contributed by atoms with van der Waals surface area (Å²) in [5.74, 6) is -2.97. The van der Waals surface area contributed by atoms with E-state index in [2.05, 4.69) is 4.98 Å². The minimum absolute atomic E-state index is 0.219. The van der Waals surface area contributed by atoms with Crippen molar-refractivity contribution >= 4 is 5.97 Å². The highest BCUT2D eigenvalue weighted by molar-refractivity contribution is 5.80. The second-order valence-corrected chi connectivity index (χ2v) is 5.78. The van der Waals surface area contributed by atoms with Crippen LogP contribution in [0.4, 0.5) is 8.78 Å². The summed E-state index contributed by atoms with van der Waals surface area (Å²) in [5, 5.41) is 9.34. The summed E-state index contributed by atoms with van der Waals surface area (Å²) >= 11 is 0. The maximum absolute atomic E-state index is 15.1. The van der Waals surface area contributed by atoms with Gasteiger partial charge in [0.05, 0.1) is 12.1 Å². The van der Waals surface area contributed by atoms with Crippen molar-refractivity contribution in [3.8, 4) is 0 Å². The number of nitrogens with zero attached hydrogens (tertiary/aromatic N) is 2. The first kappa shape index (κ1) is 15.6. The van der Waals surface area contributed by atoms with Gasteiger partial charge in [0.25, 0.3) is 0 Å². The van der Waals surface area contributed by atoms with Crippen molar-refractivity contribution in [1.82, 2.24) is 9.88 Å². The van der Waals surface area contributed by atoms with Crippen molar-refractivity contribution in [2.24, 2.45) is 0 Å². The number of aromatic nitrogens is 1. The Morgan fingerprint density at radius 3 is 2.65 bits per heavy atom. The summed E-state index contributed by atoms with van der Waals surface area (Å²) < 4.78 is 28.1. The van der Waals surface area contributed by atoms with Gasteiger partial charge in [-0.3, -0.25) is 9.88 Å². The van der Waals surface area contributed by atoms with E-state index in [9.17, 15) is 14.3 Å². The van der Waals surface area contributed by atoms with Gasteiger partial charge in [0.15, 0.2) is 0 Å². The Labute approximate surface area is 132 Å². The fourth-order valence-corrected chi connectivity index (χ4v) is 3.00. The zero-order valence-corrected chi connectivity index (χ0v) is 12.3. The fraction of sp³-hybridized carbons (Fsp3) is 0.294. The van der Waals surface area contributed by atoms with Crippen molar-refractivity contribution < 1.29 is 18.7 Å². The number of rotatable bonds is 4. The summed E-state index contributed by atoms with van der Waals surface area (Å²) in [6.45, 7) is 0.453. The Bertz CT molecular complexity index is 693. The molecular formula is C17H16F2N2O2. The number of hydrogen-bond acceptors (Lipinski definition) is 3. The number of benzene rings is 1. The number of alkyl halides is 1. The highest BCUT2D eigenvalue weighted by Crippen LogP contribution is 2.39. The number of halogens is 2. The Kier molecular flexibility index (Phi) is 4.09. The summed E-state index contributed by atoms with van der Waals surface area (Å²) in [4.78, 5) is 17.1. The van der Waals surface area contributed by atoms with Crippen LogP contribution >= 0.6 is 0 Å². The molecule has 2 heterocycles. The molecule has 0 amide bonds. The van der Waals surface area contributed by atoms with Gasteiger partial charge in [0.2, 0.25) is 5.67 Å². The van der Waals surface area contributed by atoms with Gasteiger partial charge in [-0.15, -0.1) is 0 Å². The van der Waals surface area contributed by atoms with Crippen molar-refractivity contribution in [2.75, 3.05) is 13.1 Å². The van der Waals surface area contributed by atoms with Crippen LogP contribution in [-0.4, -0.2) is 39.7 Å². The molecule has 0 radical (unpaired) electrons. The van der Waals surface area contributed by atoms with E-state index in [0.717, 1.165) is 11.8 Å². The van der Waals surface area contributed by atoms with Crippen LogP contribution in [0.5, 0.6) is 0 Å². The standard InChI is InChI=1S/C17H16F2N2O2/c18-13-6-7-15(20-8-13)14-10-21(11-17(14,19)16(22)23)9-12-4-2-1-3-5-12/h1-8,14H,9-11H2,(H,22,23)/t14-,17-/m0/s1. The molecule has 3 rings (SSSR count).